The molecular formula is C20H16ClF2N3OS. The predicted molar refractivity (Wildman–Crippen MR) is 110 cm³/mol. The van der Waals surface area contributed by atoms with Gasteiger partial charge in [-0.05, 0) is 42.1 Å². The van der Waals surface area contributed by atoms with Crippen molar-refractivity contribution >= 4 is 46.2 Å². The molecule has 2 aliphatic rings. The predicted octanol–water partition coefficient (Wildman–Crippen LogP) is 4.41. The average Bonchev–Trinajstić information content (AvgIpc) is 3.06. The highest BCUT2D eigenvalue weighted by Crippen LogP contribution is 2.33. The lowest BCUT2D eigenvalue weighted by Crippen LogP contribution is -2.48. The fourth-order valence-corrected chi connectivity index (χ4v) is 4.32. The number of piperazine rings is 1. The van der Waals surface area contributed by atoms with Gasteiger partial charge in [0.1, 0.15) is 11.6 Å². The molecule has 0 aliphatic carbocycles. The number of amides is 1. The van der Waals surface area contributed by atoms with Gasteiger partial charge in [-0.2, -0.15) is 4.99 Å². The number of benzene rings is 2. The lowest BCUT2D eigenvalue weighted by Gasteiger charge is -2.36. The van der Waals surface area contributed by atoms with Crippen LogP contribution in [0.3, 0.4) is 0 Å². The average molecular weight is 420 g/mol. The molecule has 0 radical (unpaired) electrons. The summed E-state index contributed by atoms with van der Waals surface area (Å²) < 4.78 is 28.0. The molecule has 8 heteroatoms. The van der Waals surface area contributed by atoms with Crippen LogP contribution in [0, 0.1) is 11.6 Å². The maximum Gasteiger partial charge on any atom is 0.286 e. The lowest BCUT2D eigenvalue weighted by atomic mass is 10.2. The molecule has 2 aromatic carbocycles. The zero-order chi connectivity index (χ0) is 19.7. The summed E-state index contributed by atoms with van der Waals surface area (Å²) in [7, 11) is 0. The van der Waals surface area contributed by atoms with Crippen molar-refractivity contribution in [3.8, 4) is 0 Å². The van der Waals surface area contributed by atoms with E-state index >= 15 is 0 Å². The minimum atomic E-state index is -0.486. The van der Waals surface area contributed by atoms with Crippen LogP contribution in [0.25, 0.3) is 6.08 Å². The van der Waals surface area contributed by atoms with E-state index < -0.39 is 11.7 Å². The Bertz CT molecular complexity index is 967. The minimum Gasteiger partial charge on any atom is -0.366 e. The van der Waals surface area contributed by atoms with E-state index in [4.69, 9.17) is 11.6 Å². The van der Waals surface area contributed by atoms with Gasteiger partial charge in [0.05, 0.1) is 15.6 Å². The molecule has 0 unspecified atom stereocenters. The number of carbonyl (C=O) groups excluding carboxylic acids is 1. The van der Waals surface area contributed by atoms with Gasteiger partial charge in [-0.1, -0.05) is 29.8 Å². The minimum absolute atomic E-state index is 0.181. The zero-order valence-corrected chi connectivity index (χ0v) is 16.3. The van der Waals surface area contributed by atoms with E-state index in [1.54, 1.807) is 18.2 Å². The maximum atomic E-state index is 14.0. The van der Waals surface area contributed by atoms with Gasteiger partial charge in [-0.15, -0.1) is 0 Å². The second-order valence-corrected chi connectivity index (χ2v) is 7.79. The van der Waals surface area contributed by atoms with Crippen molar-refractivity contribution in [2.45, 2.75) is 0 Å². The van der Waals surface area contributed by atoms with E-state index in [1.807, 2.05) is 15.9 Å². The normalized spacial score (nSPS) is 18.8. The summed E-state index contributed by atoms with van der Waals surface area (Å²) in [6.45, 7) is 2.46. The van der Waals surface area contributed by atoms with Gasteiger partial charge in [0.2, 0.25) is 0 Å². The van der Waals surface area contributed by atoms with Gasteiger partial charge < -0.3 is 9.80 Å². The summed E-state index contributed by atoms with van der Waals surface area (Å²) in [5.41, 5.74) is 0.759. The van der Waals surface area contributed by atoms with E-state index in [9.17, 15) is 13.6 Å². The number of carbonyl (C=O) groups is 1. The zero-order valence-electron chi connectivity index (χ0n) is 14.7. The Morgan fingerprint density at radius 1 is 0.964 bits per heavy atom. The van der Waals surface area contributed by atoms with Crippen molar-refractivity contribution in [3.63, 3.8) is 0 Å². The van der Waals surface area contributed by atoms with Crippen LogP contribution >= 0.6 is 23.4 Å². The Balaban J connectivity index is 1.45. The Morgan fingerprint density at radius 3 is 2.36 bits per heavy atom. The van der Waals surface area contributed by atoms with Gasteiger partial charge >= 0.3 is 0 Å². The molecule has 0 atom stereocenters. The topological polar surface area (TPSA) is 35.9 Å². The Hall–Kier alpha value is -2.38. The van der Waals surface area contributed by atoms with E-state index in [-0.39, 0.29) is 16.4 Å². The monoisotopic (exact) mass is 419 g/mol. The molecule has 0 aromatic heterocycles. The number of hydrogen-bond donors (Lipinski definition) is 0. The fraction of sp³-hybridized carbons (Fsp3) is 0.200. The lowest BCUT2D eigenvalue weighted by molar-refractivity contribution is -0.113. The smallest absolute Gasteiger partial charge is 0.286 e. The third-order valence-electron chi connectivity index (χ3n) is 4.63. The highest BCUT2D eigenvalue weighted by atomic mass is 35.5. The van der Waals surface area contributed by atoms with Crippen molar-refractivity contribution < 1.29 is 13.6 Å². The number of hydrogen-bond acceptors (Lipinski definition) is 4. The Labute approximate surface area is 170 Å². The largest absolute Gasteiger partial charge is 0.366 e. The number of anilines is 1. The summed E-state index contributed by atoms with van der Waals surface area (Å²) in [5, 5.41) is 0.824. The Kier molecular flexibility index (Phi) is 5.37. The standard InChI is InChI=1S/C20H16ClF2N3OS/c21-14-4-3-6-15(22)13(14)12-18-19(27)24-20(28-18)26-10-8-25(9-11-26)17-7-2-1-5-16(17)23/h1-7,12H,8-11H2. The fourth-order valence-electron chi connectivity index (χ4n) is 3.16. The van der Waals surface area contributed by atoms with Crippen LogP contribution in [0.15, 0.2) is 52.4 Å². The third-order valence-corrected chi connectivity index (χ3v) is 6.00. The summed E-state index contributed by atoms with van der Waals surface area (Å²) in [6.07, 6.45) is 1.44. The van der Waals surface area contributed by atoms with Crippen LogP contribution in [0.1, 0.15) is 5.56 Å². The molecule has 2 aromatic rings. The highest BCUT2D eigenvalue weighted by Gasteiger charge is 2.29. The van der Waals surface area contributed by atoms with Crippen LogP contribution in [0.5, 0.6) is 0 Å². The third kappa shape index (κ3) is 3.77. The second-order valence-electron chi connectivity index (χ2n) is 6.37. The van der Waals surface area contributed by atoms with Gasteiger partial charge in [0.15, 0.2) is 5.17 Å². The quantitative estimate of drug-likeness (QED) is 0.675. The first-order chi connectivity index (χ1) is 13.5. The maximum absolute atomic E-state index is 14.0. The molecule has 2 heterocycles. The van der Waals surface area contributed by atoms with Crippen molar-refractivity contribution in [3.05, 3.63) is 69.6 Å². The second kappa shape index (κ2) is 7.93. The molecule has 0 bridgehead atoms. The molecule has 1 fully saturated rings. The van der Waals surface area contributed by atoms with Crippen molar-refractivity contribution in [1.82, 2.24) is 4.90 Å². The number of aliphatic imine (C=N–C) groups is 1. The van der Waals surface area contributed by atoms with Crippen LogP contribution in [-0.2, 0) is 4.79 Å². The number of amidine groups is 1. The summed E-state index contributed by atoms with van der Waals surface area (Å²) in [5.74, 6) is -1.14. The van der Waals surface area contributed by atoms with Crippen molar-refractivity contribution in [2.24, 2.45) is 4.99 Å². The number of rotatable bonds is 2. The van der Waals surface area contributed by atoms with Gasteiger partial charge in [-0.3, -0.25) is 4.79 Å². The van der Waals surface area contributed by atoms with Gasteiger partial charge in [0.25, 0.3) is 5.91 Å². The molecule has 4 nitrogen and oxygen atoms in total. The van der Waals surface area contributed by atoms with E-state index in [2.05, 4.69) is 4.99 Å². The summed E-state index contributed by atoms with van der Waals surface area (Å²) in [6, 6.07) is 11.1. The number of thioether (sulfide) groups is 1. The molecule has 0 N–H and O–H groups in total. The number of para-hydroxylation sites is 1. The summed E-state index contributed by atoms with van der Waals surface area (Å²) >= 11 is 7.25. The molecule has 1 amide bonds. The van der Waals surface area contributed by atoms with E-state index in [0.717, 1.165) is 0 Å². The van der Waals surface area contributed by atoms with E-state index in [0.29, 0.717) is 41.9 Å². The van der Waals surface area contributed by atoms with Gasteiger partial charge in [0, 0.05) is 31.7 Å². The molecular weight excluding hydrogens is 404 g/mol. The SMILES string of the molecule is O=C1N=C(N2CCN(c3ccccc3F)CC2)SC1=Cc1c(F)cccc1Cl. The van der Waals surface area contributed by atoms with Crippen molar-refractivity contribution in [2.75, 3.05) is 31.1 Å². The Morgan fingerprint density at radius 2 is 1.64 bits per heavy atom. The molecule has 0 spiro atoms. The van der Waals surface area contributed by atoms with Crippen LogP contribution in [0.4, 0.5) is 14.5 Å². The first-order valence-electron chi connectivity index (χ1n) is 8.74. The molecule has 2 aliphatic heterocycles. The molecule has 28 heavy (non-hydrogen) atoms. The van der Waals surface area contributed by atoms with Gasteiger partial charge in [-0.25, -0.2) is 8.78 Å². The van der Waals surface area contributed by atoms with Crippen molar-refractivity contribution in [1.29, 1.82) is 0 Å². The first-order valence-corrected chi connectivity index (χ1v) is 9.93. The first kappa shape index (κ1) is 19.0. The highest BCUT2D eigenvalue weighted by molar-refractivity contribution is 8.18. The van der Waals surface area contributed by atoms with E-state index in [1.165, 1.54) is 36.0 Å². The molecule has 1 saturated heterocycles. The molecule has 4 rings (SSSR count). The van der Waals surface area contributed by atoms with Crippen LogP contribution in [0.2, 0.25) is 5.02 Å². The molecule has 144 valence electrons. The van der Waals surface area contributed by atoms with Crippen LogP contribution < -0.4 is 4.90 Å². The van der Waals surface area contributed by atoms with Crippen LogP contribution in [-0.4, -0.2) is 42.2 Å². The summed E-state index contributed by atoms with van der Waals surface area (Å²) in [4.78, 5) is 20.7. The number of nitrogens with zero attached hydrogens (tertiary/aromatic N) is 3. The number of halogens is 3. The molecule has 0 saturated carbocycles.